The molecule has 0 aliphatic carbocycles. The molecule has 1 aromatic carbocycles. The molecule has 0 saturated carbocycles. The van der Waals surface area contributed by atoms with Gasteiger partial charge in [-0.2, -0.15) is 8.42 Å². The number of benzene rings is 1. The molecule has 0 aliphatic rings. The van der Waals surface area contributed by atoms with Crippen LogP contribution >= 0.6 is 0 Å². The zero-order valence-electron chi connectivity index (χ0n) is 22.9. The van der Waals surface area contributed by atoms with Gasteiger partial charge in [0.05, 0.1) is 11.3 Å². The highest BCUT2D eigenvalue weighted by molar-refractivity contribution is 7.85. The third kappa shape index (κ3) is 10.9. The zero-order chi connectivity index (χ0) is 28.8. The van der Waals surface area contributed by atoms with Gasteiger partial charge in [-0.05, 0) is 30.9 Å². The lowest BCUT2D eigenvalue weighted by Gasteiger charge is -2.26. The fraction of sp³-hybridized carbons (Fsp3) is 0.552. The molecule has 218 valence electrons. The van der Waals surface area contributed by atoms with Crippen molar-refractivity contribution in [3.05, 3.63) is 58.9 Å². The molecule has 1 N–H and O–H groups in total. The summed E-state index contributed by atoms with van der Waals surface area (Å²) < 4.78 is 92.6. The lowest BCUT2D eigenvalue weighted by molar-refractivity contribution is -0.697. The maximum atomic E-state index is 15.2. The molecule has 0 spiro atoms. The van der Waals surface area contributed by atoms with E-state index >= 15 is 17.6 Å². The fourth-order valence-corrected chi connectivity index (χ4v) is 4.91. The van der Waals surface area contributed by atoms with Crippen LogP contribution in [-0.4, -0.2) is 31.8 Å². The SMILES string of the molecule is CCCCCCN(CCCCCC)c1c(F)c(F)c(C=Cc2cc[n+](CCCCS(=O)(=O)O)cc2)c(F)c1F. The second kappa shape index (κ2) is 16.6. The number of unbranched alkanes of at least 4 members (excludes halogenated alkanes) is 7. The third-order valence-corrected chi connectivity index (χ3v) is 7.39. The summed E-state index contributed by atoms with van der Waals surface area (Å²) in [5, 5.41) is 0. The minimum atomic E-state index is -3.99. The highest BCUT2D eigenvalue weighted by atomic mass is 32.2. The van der Waals surface area contributed by atoms with Crippen LogP contribution in [0.3, 0.4) is 0 Å². The van der Waals surface area contributed by atoms with Gasteiger partial charge in [0.1, 0.15) is 12.2 Å². The first kappa shape index (κ1) is 32.8. The second-order valence-electron chi connectivity index (χ2n) is 9.82. The molecule has 2 aromatic rings. The summed E-state index contributed by atoms with van der Waals surface area (Å²) in [6.45, 7) is 5.28. The van der Waals surface area contributed by atoms with Crippen molar-refractivity contribution < 1.29 is 35.1 Å². The Morgan fingerprint density at radius 2 is 1.31 bits per heavy atom. The smallest absolute Gasteiger partial charge is 0.264 e. The molecule has 0 fully saturated rings. The van der Waals surface area contributed by atoms with Gasteiger partial charge in [-0.15, -0.1) is 0 Å². The Kier molecular flexibility index (Phi) is 13.9. The van der Waals surface area contributed by atoms with Gasteiger partial charge in [0.15, 0.2) is 35.7 Å². The minimum Gasteiger partial charge on any atom is -0.367 e. The average molecular weight is 574 g/mol. The number of aryl methyl sites for hydroxylation is 1. The minimum absolute atomic E-state index is 0.300. The molecule has 0 unspecified atom stereocenters. The van der Waals surface area contributed by atoms with Crippen LogP contribution in [-0.2, 0) is 16.7 Å². The van der Waals surface area contributed by atoms with Crippen LogP contribution < -0.4 is 9.47 Å². The quantitative estimate of drug-likeness (QED) is 0.0667. The van der Waals surface area contributed by atoms with Crippen molar-refractivity contribution in [2.24, 2.45) is 0 Å². The molecule has 39 heavy (non-hydrogen) atoms. The molecule has 2 rings (SSSR count). The average Bonchev–Trinajstić information content (AvgIpc) is 2.90. The summed E-state index contributed by atoms with van der Waals surface area (Å²) in [7, 11) is -3.99. The normalized spacial score (nSPS) is 12.0. The number of pyridine rings is 1. The van der Waals surface area contributed by atoms with Crippen LogP contribution in [0.1, 0.15) is 89.2 Å². The topological polar surface area (TPSA) is 61.5 Å². The molecule has 10 heteroatoms. The lowest BCUT2D eigenvalue weighted by Crippen LogP contribution is -2.32. The molecule has 0 bridgehead atoms. The van der Waals surface area contributed by atoms with Crippen molar-refractivity contribution in [3.63, 3.8) is 0 Å². The van der Waals surface area contributed by atoms with Gasteiger partial charge in [-0.1, -0.05) is 58.4 Å². The van der Waals surface area contributed by atoms with Gasteiger partial charge in [0, 0.05) is 31.6 Å². The predicted molar refractivity (Wildman–Crippen MR) is 148 cm³/mol. The van der Waals surface area contributed by atoms with Crippen molar-refractivity contribution in [1.29, 1.82) is 0 Å². The van der Waals surface area contributed by atoms with E-state index in [1.807, 2.05) is 0 Å². The van der Waals surface area contributed by atoms with E-state index in [2.05, 4.69) is 13.8 Å². The Balaban J connectivity index is 2.19. The molecular formula is C29H41F4N2O3S+. The second-order valence-corrected chi connectivity index (χ2v) is 11.4. The van der Waals surface area contributed by atoms with Gasteiger partial charge in [-0.3, -0.25) is 4.55 Å². The number of aromatic nitrogens is 1. The van der Waals surface area contributed by atoms with Gasteiger partial charge in [0.2, 0.25) is 0 Å². The Labute approximate surface area is 230 Å². The molecular weight excluding hydrogens is 532 g/mol. The van der Waals surface area contributed by atoms with E-state index in [1.54, 1.807) is 29.1 Å². The summed E-state index contributed by atoms with van der Waals surface area (Å²) >= 11 is 0. The first-order chi connectivity index (χ1) is 18.6. The number of anilines is 1. The summed E-state index contributed by atoms with van der Waals surface area (Å²) in [5.41, 5.74) is -0.848. The Hall–Kier alpha value is -2.46. The molecule has 0 atom stereocenters. The molecule has 1 aromatic heterocycles. The maximum absolute atomic E-state index is 15.2. The van der Waals surface area contributed by atoms with Crippen LogP contribution in [0.15, 0.2) is 24.5 Å². The number of hydrogen-bond acceptors (Lipinski definition) is 3. The standard InChI is InChI=1S/C29H40F4N2O3S/c1-3-5-7-9-18-35(19-10-8-6-4-2)29-27(32)25(30)24(26(31)28(29)33)14-13-23-15-20-34(21-16-23)17-11-12-22-39(36,37)38/h13-16,20-21H,3-12,17-19,22H2,1-2H3/p+1. The first-order valence-corrected chi connectivity index (χ1v) is 15.4. The Morgan fingerprint density at radius 1 is 0.769 bits per heavy atom. The van der Waals surface area contributed by atoms with Crippen molar-refractivity contribution in [2.45, 2.75) is 84.6 Å². The van der Waals surface area contributed by atoms with Crippen LogP contribution in [0, 0.1) is 23.3 Å². The van der Waals surface area contributed by atoms with Crippen molar-refractivity contribution in [3.8, 4) is 0 Å². The largest absolute Gasteiger partial charge is 0.367 e. The van der Waals surface area contributed by atoms with Crippen molar-refractivity contribution >= 4 is 28.0 Å². The Morgan fingerprint density at radius 3 is 1.79 bits per heavy atom. The number of halogens is 4. The molecule has 5 nitrogen and oxygen atoms in total. The molecule has 0 saturated heterocycles. The summed E-state index contributed by atoms with van der Waals surface area (Å²) in [4.78, 5) is 1.45. The van der Waals surface area contributed by atoms with Gasteiger partial charge in [-0.25, -0.2) is 22.1 Å². The summed E-state index contributed by atoms with van der Waals surface area (Å²) in [6.07, 6.45) is 13.7. The van der Waals surface area contributed by atoms with E-state index in [1.165, 1.54) is 11.0 Å². The van der Waals surface area contributed by atoms with E-state index in [-0.39, 0.29) is 5.75 Å². The van der Waals surface area contributed by atoms with E-state index in [9.17, 15) is 8.42 Å². The highest BCUT2D eigenvalue weighted by Crippen LogP contribution is 2.32. The fourth-order valence-electron chi connectivity index (χ4n) is 4.34. The summed E-state index contributed by atoms with van der Waals surface area (Å²) in [5.74, 6) is -5.91. The van der Waals surface area contributed by atoms with Gasteiger partial charge in [0.25, 0.3) is 10.1 Å². The zero-order valence-corrected chi connectivity index (χ0v) is 23.8. The van der Waals surface area contributed by atoms with Crippen molar-refractivity contribution in [2.75, 3.05) is 23.7 Å². The molecule has 0 aliphatic heterocycles. The third-order valence-electron chi connectivity index (χ3n) is 6.58. The van der Waals surface area contributed by atoms with Crippen LogP contribution in [0.2, 0.25) is 0 Å². The number of rotatable bonds is 18. The number of nitrogens with zero attached hydrogens (tertiary/aromatic N) is 2. The monoisotopic (exact) mass is 573 g/mol. The predicted octanol–water partition coefficient (Wildman–Crippen LogP) is 7.34. The molecule has 0 radical (unpaired) electrons. The highest BCUT2D eigenvalue weighted by Gasteiger charge is 2.27. The lowest BCUT2D eigenvalue weighted by atomic mass is 10.1. The van der Waals surface area contributed by atoms with E-state index in [0.717, 1.165) is 44.6 Å². The van der Waals surface area contributed by atoms with E-state index in [0.29, 0.717) is 50.9 Å². The van der Waals surface area contributed by atoms with Crippen LogP contribution in [0.4, 0.5) is 23.2 Å². The first-order valence-electron chi connectivity index (χ1n) is 13.8. The van der Waals surface area contributed by atoms with Crippen LogP contribution in [0.5, 0.6) is 0 Å². The van der Waals surface area contributed by atoms with Crippen molar-refractivity contribution in [1.82, 2.24) is 0 Å². The summed E-state index contributed by atoms with van der Waals surface area (Å²) in [6, 6.07) is 3.31. The van der Waals surface area contributed by atoms with E-state index < -0.39 is 44.6 Å². The van der Waals surface area contributed by atoms with Gasteiger partial charge >= 0.3 is 0 Å². The number of hydrogen-bond donors (Lipinski definition) is 1. The Bertz CT molecular complexity index is 1130. The van der Waals surface area contributed by atoms with Gasteiger partial charge < -0.3 is 4.90 Å². The molecule has 0 amide bonds. The maximum Gasteiger partial charge on any atom is 0.264 e. The molecule has 1 heterocycles. The van der Waals surface area contributed by atoms with Crippen LogP contribution in [0.25, 0.3) is 12.2 Å². The van der Waals surface area contributed by atoms with E-state index in [4.69, 9.17) is 4.55 Å².